The largest absolute Gasteiger partial charge is 0.497 e. The van der Waals surface area contributed by atoms with Gasteiger partial charge in [0.1, 0.15) is 17.3 Å². The molecule has 4 aromatic carbocycles. The summed E-state index contributed by atoms with van der Waals surface area (Å²) in [5.74, 6) is 1.63. The maximum atomic E-state index is 6.36. The van der Waals surface area contributed by atoms with Crippen molar-refractivity contribution in [1.82, 2.24) is 19.3 Å². The molecule has 2 aromatic heterocycles. The Hall–Kier alpha value is -3.87. The number of fused-ring (bicyclic) bond motifs is 1. The van der Waals surface area contributed by atoms with E-state index in [9.17, 15) is 0 Å². The molecular formula is C30H22BrClN4O. The van der Waals surface area contributed by atoms with Gasteiger partial charge < -0.3 is 9.30 Å². The van der Waals surface area contributed by atoms with Crippen molar-refractivity contribution in [2.24, 2.45) is 0 Å². The van der Waals surface area contributed by atoms with Crippen LogP contribution < -0.4 is 4.74 Å². The maximum absolute atomic E-state index is 6.36. The molecular weight excluding hydrogens is 548 g/mol. The molecule has 0 aliphatic heterocycles. The first-order valence-electron chi connectivity index (χ1n) is 11.8. The highest BCUT2D eigenvalue weighted by Crippen LogP contribution is 2.35. The molecule has 7 heteroatoms. The zero-order valence-electron chi connectivity index (χ0n) is 20.0. The summed E-state index contributed by atoms with van der Waals surface area (Å²) in [7, 11) is 1.67. The minimum atomic E-state index is 0.593. The fraction of sp³-hybridized carbons (Fsp3) is 0.0667. The Labute approximate surface area is 228 Å². The summed E-state index contributed by atoms with van der Waals surface area (Å²) in [4.78, 5) is 5.09. The van der Waals surface area contributed by atoms with Crippen LogP contribution >= 0.6 is 27.5 Å². The van der Waals surface area contributed by atoms with Crippen LogP contribution in [-0.2, 0) is 6.54 Å². The van der Waals surface area contributed by atoms with Gasteiger partial charge in [0.05, 0.1) is 35.9 Å². The van der Waals surface area contributed by atoms with Gasteiger partial charge in [0.2, 0.25) is 0 Å². The third-order valence-electron chi connectivity index (χ3n) is 6.33. The third-order valence-corrected chi connectivity index (χ3v) is 7.34. The van der Waals surface area contributed by atoms with Crippen LogP contribution in [-0.4, -0.2) is 26.4 Å². The van der Waals surface area contributed by atoms with Crippen molar-refractivity contribution in [3.8, 4) is 34.1 Å². The summed E-state index contributed by atoms with van der Waals surface area (Å²) in [6.07, 6.45) is 2.06. The summed E-state index contributed by atoms with van der Waals surface area (Å²) in [6.45, 7) is 0.593. The monoisotopic (exact) mass is 568 g/mol. The lowest BCUT2D eigenvalue weighted by Crippen LogP contribution is -2.03. The molecule has 5 nitrogen and oxygen atoms in total. The van der Waals surface area contributed by atoms with Gasteiger partial charge in [0.15, 0.2) is 0 Å². The van der Waals surface area contributed by atoms with E-state index in [1.54, 1.807) is 7.11 Å². The van der Waals surface area contributed by atoms with Gasteiger partial charge in [-0.1, -0.05) is 57.9 Å². The van der Waals surface area contributed by atoms with E-state index in [4.69, 9.17) is 26.4 Å². The van der Waals surface area contributed by atoms with Crippen LogP contribution in [0.2, 0.25) is 5.02 Å². The van der Waals surface area contributed by atoms with Crippen molar-refractivity contribution >= 4 is 38.6 Å². The molecule has 0 atom stereocenters. The molecule has 37 heavy (non-hydrogen) atoms. The van der Waals surface area contributed by atoms with E-state index in [1.165, 1.54) is 0 Å². The average Bonchev–Trinajstić information content (AvgIpc) is 3.53. The van der Waals surface area contributed by atoms with Crippen LogP contribution in [0, 0.1) is 0 Å². The summed E-state index contributed by atoms with van der Waals surface area (Å²) in [6, 6.07) is 32.1. The lowest BCUT2D eigenvalue weighted by molar-refractivity contribution is 0.415. The Balaban J connectivity index is 1.58. The summed E-state index contributed by atoms with van der Waals surface area (Å²) in [5.41, 5.74) is 6.76. The number of aromatic nitrogens is 4. The standard InChI is InChI=1S/C30H22BrClN4O/c1-37-24-14-11-20(12-15-24)29-25(19-36(34-29)23-7-3-2-4-8-23)30-33-27-9-5-6-10-28(27)35(30)18-21-17-22(32)13-16-26(21)31/h2-17,19H,18H2,1H3. The van der Waals surface area contributed by atoms with E-state index >= 15 is 0 Å². The number of methoxy groups -OCH3 is 1. The quantitative estimate of drug-likeness (QED) is 0.204. The van der Waals surface area contributed by atoms with Crippen LogP contribution in [0.25, 0.3) is 39.4 Å². The molecule has 6 aromatic rings. The molecule has 2 heterocycles. The van der Waals surface area contributed by atoms with Crippen molar-refractivity contribution in [1.29, 1.82) is 0 Å². The van der Waals surface area contributed by atoms with Gasteiger partial charge in [-0.3, -0.25) is 0 Å². The van der Waals surface area contributed by atoms with Gasteiger partial charge in [-0.05, 0) is 72.3 Å². The molecule has 0 bridgehead atoms. The van der Waals surface area contributed by atoms with Gasteiger partial charge >= 0.3 is 0 Å². The molecule has 182 valence electrons. The Kier molecular flexibility index (Phi) is 6.28. The fourth-order valence-electron chi connectivity index (χ4n) is 4.49. The topological polar surface area (TPSA) is 44.9 Å². The SMILES string of the molecule is COc1ccc(-c2nn(-c3ccccc3)cc2-c2nc3ccccc3n2Cc2cc(Cl)ccc2Br)cc1. The Morgan fingerprint density at radius 2 is 1.65 bits per heavy atom. The highest BCUT2D eigenvalue weighted by atomic mass is 79.9. The van der Waals surface area contributed by atoms with Crippen LogP contribution in [0.1, 0.15) is 5.56 Å². The van der Waals surface area contributed by atoms with Gasteiger partial charge in [-0.25, -0.2) is 9.67 Å². The number of para-hydroxylation sites is 3. The fourth-order valence-corrected chi connectivity index (χ4v) is 5.06. The molecule has 0 aliphatic rings. The Morgan fingerprint density at radius 3 is 2.43 bits per heavy atom. The van der Waals surface area contributed by atoms with E-state index in [-0.39, 0.29) is 0 Å². The number of rotatable bonds is 6. The summed E-state index contributed by atoms with van der Waals surface area (Å²) in [5, 5.41) is 5.72. The second kappa shape index (κ2) is 9.88. The number of imidazole rings is 1. The normalized spacial score (nSPS) is 11.2. The third kappa shape index (κ3) is 4.54. The Morgan fingerprint density at radius 1 is 0.892 bits per heavy atom. The predicted octanol–water partition coefficient (Wildman–Crippen LogP) is 8.03. The first kappa shape index (κ1) is 23.5. The van der Waals surface area contributed by atoms with E-state index in [2.05, 4.69) is 32.8 Å². The minimum Gasteiger partial charge on any atom is -0.497 e. The van der Waals surface area contributed by atoms with Gasteiger partial charge in [-0.15, -0.1) is 0 Å². The van der Waals surface area contributed by atoms with E-state index in [0.717, 1.165) is 55.2 Å². The molecule has 0 spiro atoms. The Bertz CT molecular complexity index is 1710. The number of ether oxygens (including phenoxy) is 1. The van der Waals surface area contributed by atoms with E-state index in [0.29, 0.717) is 11.6 Å². The lowest BCUT2D eigenvalue weighted by Gasteiger charge is -2.12. The van der Waals surface area contributed by atoms with Crippen molar-refractivity contribution in [2.45, 2.75) is 6.54 Å². The number of benzene rings is 4. The van der Waals surface area contributed by atoms with Crippen molar-refractivity contribution in [2.75, 3.05) is 7.11 Å². The molecule has 0 N–H and O–H groups in total. The first-order valence-corrected chi connectivity index (χ1v) is 13.0. The van der Waals surface area contributed by atoms with Crippen LogP contribution in [0.3, 0.4) is 0 Å². The van der Waals surface area contributed by atoms with E-state index in [1.807, 2.05) is 95.7 Å². The molecule has 0 fully saturated rings. The number of hydrogen-bond acceptors (Lipinski definition) is 3. The van der Waals surface area contributed by atoms with Crippen LogP contribution in [0.4, 0.5) is 0 Å². The second-order valence-electron chi connectivity index (χ2n) is 8.65. The molecule has 0 radical (unpaired) electrons. The molecule has 6 rings (SSSR count). The van der Waals surface area contributed by atoms with Gasteiger partial charge in [0, 0.05) is 21.3 Å². The minimum absolute atomic E-state index is 0.593. The molecule has 0 aliphatic carbocycles. The van der Waals surface area contributed by atoms with Gasteiger partial charge in [0.25, 0.3) is 0 Å². The van der Waals surface area contributed by atoms with Crippen molar-refractivity contribution in [3.05, 3.63) is 118 Å². The zero-order chi connectivity index (χ0) is 25.4. The smallest absolute Gasteiger partial charge is 0.145 e. The summed E-state index contributed by atoms with van der Waals surface area (Å²) >= 11 is 10.1. The number of halogens is 2. The molecule has 0 saturated heterocycles. The number of nitrogens with zero attached hydrogens (tertiary/aromatic N) is 4. The number of hydrogen-bond donors (Lipinski definition) is 0. The molecule has 0 amide bonds. The lowest BCUT2D eigenvalue weighted by atomic mass is 10.1. The molecule has 0 saturated carbocycles. The zero-order valence-corrected chi connectivity index (χ0v) is 22.3. The second-order valence-corrected chi connectivity index (χ2v) is 9.94. The van der Waals surface area contributed by atoms with Crippen LogP contribution in [0.5, 0.6) is 5.75 Å². The van der Waals surface area contributed by atoms with Crippen LogP contribution in [0.15, 0.2) is 108 Å². The maximum Gasteiger partial charge on any atom is 0.145 e. The molecule has 0 unspecified atom stereocenters. The first-order chi connectivity index (χ1) is 18.1. The predicted molar refractivity (Wildman–Crippen MR) is 153 cm³/mol. The highest BCUT2D eigenvalue weighted by molar-refractivity contribution is 9.10. The van der Waals surface area contributed by atoms with Gasteiger partial charge in [-0.2, -0.15) is 5.10 Å². The van der Waals surface area contributed by atoms with E-state index < -0.39 is 0 Å². The summed E-state index contributed by atoms with van der Waals surface area (Å²) < 4.78 is 10.5. The van der Waals surface area contributed by atoms with Crippen molar-refractivity contribution in [3.63, 3.8) is 0 Å². The highest BCUT2D eigenvalue weighted by Gasteiger charge is 2.21. The average molecular weight is 570 g/mol. The van der Waals surface area contributed by atoms with Crippen molar-refractivity contribution < 1.29 is 4.74 Å².